The van der Waals surface area contributed by atoms with Crippen molar-refractivity contribution in [1.29, 1.82) is 0 Å². The molecular weight excluding hydrogens is 468 g/mol. The third-order valence-corrected chi connectivity index (χ3v) is 5.08. The quantitative estimate of drug-likeness (QED) is 0.664. The number of hydrogen-bond acceptors (Lipinski definition) is 3. The molecule has 0 spiro atoms. The van der Waals surface area contributed by atoms with Gasteiger partial charge >= 0.3 is 0 Å². The van der Waals surface area contributed by atoms with Crippen LogP contribution in [0, 0.1) is 5.92 Å². The predicted octanol–water partition coefficient (Wildman–Crippen LogP) is 3.82. The molecule has 4 nitrogen and oxygen atoms in total. The highest BCUT2D eigenvalue weighted by molar-refractivity contribution is 9.11. The second kappa shape index (κ2) is 7.85. The number of likely N-dealkylation sites (tertiary alicyclic amines) is 1. The number of anilines is 1. The highest BCUT2D eigenvalue weighted by Crippen LogP contribution is 2.34. The lowest BCUT2D eigenvalue weighted by atomic mass is 10.00. The van der Waals surface area contributed by atoms with Gasteiger partial charge < -0.3 is 10.1 Å². The zero-order chi connectivity index (χ0) is 15.4. The minimum Gasteiger partial charge on any atom is -0.323 e. The Kier molecular flexibility index (Phi) is 6.40. The first-order valence-electron chi connectivity index (χ1n) is 6.61. The number of carbonyl (C=O) groups is 2. The van der Waals surface area contributed by atoms with Crippen LogP contribution in [0.15, 0.2) is 25.6 Å². The minimum absolute atomic E-state index is 0.0534. The molecule has 1 aromatic carbocycles. The first-order chi connectivity index (χ1) is 9.99. The van der Waals surface area contributed by atoms with Crippen LogP contribution in [0.2, 0.25) is 0 Å². The van der Waals surface area contributed by atoms with Gasteiger partial charge in [0.1, 0.15) is 6.29 Å². The third-order valence-electron chi connectivity index (χ3n) is 3.37. The maximum Gasteiger partial charge on any atom is 0.238 e. The van der Waals surface area contributed by atoms with E-state index in [1.54, 1.807) is 0 Å². The van der Waals surface area contributed by atoms with Gasteiger partial charge in [-0.1, -0.05) is 15.9 Å². The lowest BCUT2D eigenvalue weighted by molar-refractivity contribution is -0.119. The molecule has 1 aromatic rings. The smallest absolute Gasteiger partial charge is 0.238 e. The molecule has 0 bridgehead atoms. The Bertz CT molecular complexity index is 528. The SMILES string of the molecule is O=CC1CCCN(CC(=O)Nc2c(Br)cc(Br)cc2Br)C1. The molecule has 7 heteroatoms. The van der Waals surface area contributed by atoms with E-state index in [4.69, 9.17) is 0 Å². The van der Waals surface area contributed by atoms with Crippen LogP contribution >= 0.6 is 47.8 Å². The van der Waals surface area contributed by atoms with E-state index in [0.29, 0.717) is 18.8 Å². The monoisotopic (exact) mass is 480 g/mol. The largest absolute Gasteiger partial charge is 0.323 e. The fourth-order valence-electron chi connectivity index (χ4n) is 2.39. The van der Waals surface area contributed by atoms with E-state index in [9.17, 15) is 9.59 Å². The van der Waals surface area contributed by atoms with Crippen LogP contribution < -0.4 is 5.32 Å². The Morgan fingerprint density at radius 2 is 2.00 bits per heavy atom. The second-order valence-corrected chi connectivity index (χ2v) is 7.69. The van der Waals surface area contributed by atoms with Crippen LogP contribution in [0.4, 0.5) is 5.69 Å². The molecule has 0 radical (unpaired) electrons. The van der Waals surface area contributed by atoms with Gasteiger partial charge in [-0.2, -0.15) is 0 Å². The van der Waals surface area contributed by atoms with Crippen LogP contribution in [0.1, 0.15) is 12.8 Å². The van der Waals surface area contributed by atoms with Gasteiger partial charge in [0.25, 0.3) is 0 Å². The molecule has 114 valence electrons. The van der Waals surface area contributed by atoms with Gasteiger partial charge in [0.15, 0.2) is 0 Å². The fraction of sp³-hybridized carbons (Fsp3) is 0.429. The molecule has 0 saturated carbocycles. The number of piperidine rings is 1. The molecule has 2 rings (SSSR count). The summed E-state index contributed by atoms with van der Waals surface area (Å²) in [5.41, 5.74) is 0.715. The van der Waals surface area contributed by atoms with Crippen molar-refractivity contribution >= 4 is 65.7 Å². The maximum absolute atomic E-state index is 12.2. The lowest BCUT2D eigenvalue weighted by Gasteiger charge is -2.29. The summed E-state index contributed by atoms with van der Waals surface area (Å²) < 4.78 is 2.53. The van der Waals surface area contributed by atoms with Crippen molar-refractivity contribution in [2.45, 2.75) is 12.8 Å². The van der Waals surface area contributed by atoms with E-state index in [2.05, 4.69) is 53.1 Å². The van der Waals surface area contributed by atoms with Crippen molar-refractivity contribution < 1.29 is 9.59 Å². The number of halogens is 3. The van der Waals surface area contributed by atoms with E-state index < -0.39 is 0 Å². The summed E-state index contributed by atoms with van der Waals surface area (Å²) in [6.45, 7) is 1.83. The predicted molar refractivity (Wildman–Crippen MR) is 93.4 cm³/mol. The molecule has 1 aliphatic heterocycles. The zero-order valence-corrected chi connectivity index (χ0v) is 16.0. The van der Waals surface area contributed by atoms with Gasteiger partial charge in [-0.05, 0) is 63.4 Å². The van der Waals surface area contributed by atoms with Crippen molar-refractivity contribution in [2.24, 2.45) is 5.92 Å². The Balaban J connectivity index is 1.97. The van der Waals surface area contributed by atoms with Gasteiger partial charge in [0, 0.05) is 25.9 Å². The standard InChI is InChI=1S/C14H15Br3N2O2/c15-10-4-11(16)14(12(17)5-10)18-13(21)7-19-3-1-2-9(6-19)8-20/h4-5,8-9H,1-3,6-7H2,(H,18,21). The van der Waals surface area contributed by atoms with E-state index >= 15 is 0 Å². The second-order valence-electron chi connectivity index (χ2n) is 5.07. The third kappa shape index (κ3) is 4.87. The zero-order valence-electron chi connectivity index (χ0n) is 11.2. The van der Waals surface area contributed by atoms with Gasteiger partial charge in [0.2, 0.25) is 5.91 Å². The number of hydrogen-bond donors (Lipinski definition) is 1. The molecule has 21 heavy (non-hydrogen) atoms. The summed E-state index contributed by atoms with van der Waals surface area (Å²) in [6, 6.07) is 3.76. The highest BCUT2D eigenvalue weighted by Gasteiger charge is 2.21. The first kappa shape index (κ1) is 17.1. The van der Waals surface area contributed by atoms with Gasteiger partial charge in [-0.15, -0.1) is 0 Å². The van der Waals surface area contributed by atoms with Crippen molar-refractivity contribution in [1.82, 2.24) is 4.90 Å². The highest BCUT2D eigenvalue weighted by atomic mass is 79.9. The number of amides is 1. The molecule has 1 heterocycles. The maximum atomic E-state index is 12.2. The van der Waals surface area contributed by atoms with Gasteiger partial charge in [0.05, 0.1) is 12.2 Å². The summed E-state index contributed by atoms with van der Waals surface area (Å²) in [6.07, 6.45) is 2.87. The summed E-state index contributed by atoms with van der Waals surface area (Å²) in [5.74, 6) is -0.0250. The Hall–Kier alpha value is -0.240. The molecule has 0 aliphatic carbocycles. The van der Waals surface area contributed by atoms with Gasteiger partial charge in [-0.3, -0.25) is 9.69 Å². The molecule has 1 N–H and O–H groups in total. The molecule has 1 amide bonds. The topological polar surface area (TPSA) is 49.4 Å². The Labute approximate surface area is 149 Å². The van der Waals surface area contributed by atoms with Crippen LogP contribution in [0.3, 0.4) is 0 Å². The molecule has 1 fully saturated rings. The molecule has 1 aliphatic rings. The number of rotatable bonds is 4. The van der Waals surface area contributed by atoms with E-state index in [-0.39, 0.29) is 11.8 Å². The molecule has 1 saturated heterocycles. The molecule has 1 atom stereocenters. The number of nitrogens with zero attached hydrogens (tertiary/aromatic N) is 1. The normalized spacial score (nSPS) is 19.3. The lowest BCUT2D eigenvalue weighted by Crippen LogP contribution is -2.40. The van der Waals surface area contributed by atoms with Crippen molar-refractivity contribution in [3.63, 3.8) is 0 Å². The average molecular weight is 483 g/mol. The Morgan fingerprint density at radius 1 is 1.33 bits per heavy atom. The van der Waals surface area contributed by atoms with Crippen LogP contribution in [-0.4, -0.2) is 36.7 Å². The number of benzene rings is 1. The number of aldehydes is 1. The molecule has 1 unspecified atom stereocenters. The summed E-state index contributed by atoms with van der Waals surface area (Å²) in [7, 11) is 0. The molecular formula is C14H15Br3N2O2. The summed E-state index contributed by atoms with van der Waals surface area (Å²) in [5, 5.41) is 2.90. The fourth-order valence-corrected chi connectivity index (χ4v) is 4.85. The van der Waals surface area contributed by atoms with Crippen LogP contribution in [0.25, 0.3) is 0 Å². The van der Waals surface area contributed by atoms with Crippen LogP contribution in [-0.2, 0) is 9.59 Å². The van der Waals surface area contributed by atoms with Crippen LogP contribution in [0.5, 0.6) is 0 Å². The van der Waals surface area contributed by atoms with E-state index in [1.807, 2.05) is 17.0 Å². The number of nitrogens with one attached hydrogen (secondary N) is 1. The summed E-state index contributed by atoms with van der Waals surface area (Å²) in [4.78, 5) is 25.1. The van der Waals surface area contributed by atoms with E-state index in [0.717, 1.165) is 39.1 Å². The Morgan fingerprint density at radius 3 is 2.62 bits per heavy atom. The van der Waals surface area contributed by atoms with Crippen molar-refractivity contribution in [2.75, 3.05) is 25.0 Å². The first-order valence-corrected chi connectivity index (χ1v) is 8.99. The van der Waals surface area contributed by atoms with E-state index in [1.165, 1.54) is 0 Å². The molecule has 0 aromatic heterocycles. The van der Waals surface area contributed by atoms with Gasteiger partial charge in [-0.25, -0.2) is 0 Å². The summed E-state index contributed by atoms with van der Waals surface area (Å²) >= 11 is 10.3. The van der Waals surface area contributed by atoms with Crippen molar-refractivity contribution in [3.8, 4) is 0 Å². The number of carbonyl (C=O) groups excluding carboxylic acids is 2. The van der Waals surface area contributed by atoms with Crippen molar-refractivity contribution in [3.05, 3.63) is 25.6 Å². The average Bonchev–Trinajstić information content (AvgIpc) is 2.43. The minimum atomic E-state index is -0.0785.